The molecule has 1 amide bonds. The van der Waals surface area contributed by atoms with Crippen molar-refractivity contribution < 1.29 is 24.5 Å². The number of phenolic OH excluding ortho intramolecular Hbond substituents is 1. The van der Waals surface area contributed by atoms with Crippen LogP contribution in [0.5, 0.6) is 5.75 Å². The number of hydrogen-bond acceptors (Lipinski definition) is 4. The lowest BCUT2D eigenvalue weighted by Gasteiger charge is -2.19. The molecule has 24 heavy (non-hydrogen) atoms. The van der Waals surface area contributed by atoms with Crippen LogP contribution in [0.2, 0.25) is 0 Å². The van der Waals surface area contributed by atoms with Crippen LogP contribution in [-0.2, 0) is 4.74 Å². The summed E-state index contributed by atoms with van der Waals surface area (Å²) < 4.78 is 5.17. The fourth-order valence-electron chi connectivity index (χ4n) is 2.07. The van der Waals surface area contributed by atoms with Crippen LogP contribution in [0.25, 0.3) is 11.1 Å². The smallest absolute Gasteiger partial charge is 0.412 e. The summed E-state index contributed by atoms with van der Waals surface area (Å²) in [6, 6.07) is 10.9. The molecule has 2 aromatic rings. The maximum Gasteiger partial charge on any atom is 0.412 e. The second-order valence-electron chi connectivity index (χ2n) is 6.28. The van der Waals surface area contributed by atoms with E-state index in [0.29, 0.717) is 16.8 Å². The van der Waals surface area contributed by atoms with Gasteiger partial charge in [-0.15, -0.1) is 0 Å². The number of carboxylic acid groups (broad SMARTS) is 1. The summed E-state index contributed by atoms with van der Waals surface area (Å²) in [5.74, 6) is -1.24. The molecule has 2 rings (SSSR count). The number of aromatic carboxylic acids is 1. The Morgan fingerprint density at radius 1 is 1.00 bits per heavy atom. The zero-order valence-electron chi connectivity index (χ0n) is 13.7. The predicted octanol–water partition coefficient (Wildman–Crippen LogP) is 4.10. The number of benzene rings is 2. The molecule has 0 unspecified atom stereocenters. The summed E-state index contributed by atoms with van der Waals surface area (Å²) in [6.07, 6.45) is -0.555. The van der Waals surface area contributed by atoms with Gasteiger partial charge >= 0.3 is 12.1 Å². The van der Waals surface area contributed by atoms with Gasteiger partial charge in [0.1, 0.15) is 11.4 Å². The van der Waals surface area contributed by atoms with E-state index < -0.39 is 17.7 Å². The van der Waals surface area contributed by atoms with Crippen molar-refractivity contribution in [1.29, 1.82) is 0 Å². The summed E-state index contributed by atoms with van der Waals surface area (Å²) in [5.41, 5.74) is 1.24. The van der Waals surface area contributed by atoms with Crippen molar-refractivity contribution in [3.63, 3.8) is 0 Å². The maximum atomic E-state index is 11.7. The molecule has 0 radical (unpaired) electrons. The van der Waals surface area contributed by atoms with E-state index in [1.54, 1.807) is 45.0 Å². The van der Waals surface area contributed by atoms with Crippen LogP contribution < -0.4 is 5.32 Å². The van der Waals surface area contributed by atoms with Crippen LogP contribution in [0.3, 0.4) is 0 Å². The first-order chi connectivity index (χ1) is 11.1. The molecule has 0 aliphatic carbocycles. The highest BCUT2D eigenvalue weighted by atomic mass is 16.6. The molecule has 0 aliphatic rings. The number of nitrogens with one attached hydrogen (secondary N) is 1. The highest BCUT2D eigenvalue weighted by molar-refractivity contribution is 5.90. The van der Waals surface area contributed by atoms with Gasteiger partial charge in [0.2, 0.25) is 0 Å². The minimum atomic E-state index is -1.12. The lowest BCUT2D eigenvalue weighted by atomic mass is 10.0. The van der Waals surface area contributed by atoms with E-state index in [0.717, 1.165) is 0 Å². The summed E-state index contributed by atoms with van der Waals surface area (Å²) in [6.45, 7) is 5.33. The van der Waals surface area contributed by atoms with Crippen molar-refractivity contribution in [3.8, 4) is 16.9 Å². The molecule has 126 valence electrons. The molecule has 0 aliphatic heterocycles. The lowest BCUT2D eigenvalue weighted by molar-refractivity contribution is 0.0634. The third kappa shape index (κ3) is 4.74. The van der Waals surface area contributed by atoms with Crippen LogP contribution in [0.4, 0.5) is 10.5 Å². The standard InChI is InChI=1S/C18H19NO5/c1-18(2,3)24-17(23)19-14-6-4-11(5-7-14)12-8-13(16(21)22)10-15(20)9-12/h4-10,20H,1-3H3,(H,19,23)(H,21,22). The highest BCUT2D eigenvalue weighted by Gasteiger charge is 2.16. The third-order valence-corrected chi connectivity index (χ3v) is 3.03. The summed E-state index contributed by atoms with van der Waals surface area (Å²) in [5, 5.41) is 21.3. The maximum absolute atomic E-state index is 11.7. The van der Waals surface area contributed by atoms with Crippen molar-refractivity contribution in [2.24, 2.45) is 0 Å². The van der Waals surface area contributed by atoms with E-state index in [1.807, 2.05) is 0 Å². The normalized spacial score (nSPS) is 11.0. The molecule has 0 fully saturated rings. The molecule has 0 spiro atoms. The summed E-state index contributed by atoms with van der Waals surface area (Å²) in [7, 11) is 0. The fourth-order valence-corrected chi connectivity index (χ4v) is 2.07. The second kappa shape index (κ2) is 6.62. The molecule has 0 aromatic heterocycles. The molecule has 6 heteroatoms. The Labute approximate surface area is 139 Å². The lowest BCUT2D eigenvalue weighted by Crippen LogP contribution is -2.27. The Kier molecular flexibility index (Phi) is 4.78. The Bertz CT molecular complexity index is 760. The quantitative estimate of drug-likeness (QED) is 0.787. The molecule has 2 aromatic carbocycles. The Hall–Kier alpha value is -3.02. The molecule has 0 atom stereocenters. The molecule has 0 heterocycles. The van der Waals surface area contributed by atoms with Crippen molar-refractivity contribution in [3.05, 3.63) is 48.0 Å². The highest BCUT2D eigenvalue weighted by Crippen LogP contribution is 2.27. The van der Waals surface area contributed by atoms with E-state index in [1.165, 1.54) is 18.2 Å². The van der Waals surface area contributed by atoms with Crippen LogP contribution >= 0.6 is 0 Å². The number of carbonyl (C=O) groups excluding carboxylic acids is 1. The van der Waals surface area contributed by atoms with Crippen LogP contribution in [0, 0.1) is 0 Å². The zero-order valence-corrected chi connectivity index (χ0v) is 13.7. The van der Waals surface area contributed by atoms with E-state index in [2.05, 4.69) is 5.32 Å². The van der Waals surface area contributed by atoms with E-state index in [9.17, 15) is 14.7 Å². The van der Waals surface area contributed by atoms with Crippen LogP contribution in [0.1, 0.15) is 31.1 Å². The number of phenols is 1. The Morgan fingerprint density at radius 2 is 1.62 bits per heavy atom. The monoisotopic (exact) mass is 329 g/mol. The largest absolute Gasteiger partial charge is 0.508 e. The average molecular weight is 329 g/mol. The minimum Gasteiger partial charge on any atom is -0.508 e. The van der Waals surface area contributed by atoms with Gasteiger partial charge in [0.25, 0.3) is 0 Å². The van der Waals surface area contributed by atoms with E-state index in [4.69, 9.17) is 9.84 Å². The van der Waals surface area contributed by atoms with Crippen molar-refractivity contribution >= 4 is 17.7 Å². The Balaban J connectivity index is 2.18. The van der Waals surface area contributed by atoms with Gasteiger partial charge in [0, 0.05) is 5.69 Å². The molecular formula is C18H19NO5. The van der Waals surface area contributed by atoms with Gasteiger partial charge in [-0.05, 0) is 62.2 Å². The number of carbonyl (C=O) groups is 2. The number of ether oxygens (including phenoxy) is 1. The fraction of sp³-hybridized carbons (Fsp3) is 0.222. The Morgan fingerprint density at radius 3 is 2.17 bits per heavy atom. The minimum absolute atomic E-state index is 0.000886. The number of carboxylic acids is 1. The van der Waals surface area contributed by atoms with Gasteiger partial charge in [0.15, 0.2) is 0 Å². The molecule has 3 N–H and O–H groups in total. The summed E-state index contributed by atoms with van der Waals surface area (Å²) >= 11 is 0. The van der Waals surface area contributed by atoms with E-state index in [-0.39, 0.29) is 11.3 Å². The number of rotatable bonds is 3. The second-order valence-corrected chi connectivity index (χ2v) is 6.28. The van der Waals surface area contributed by atoms with Gasteiger partial charge < -0.3 is 14.9 Å². The van der Waals surface area contributed by atoms with Crippen LogP contribution in [-0.4, -0.2) is 27.9 Å². The molecule has 0 bridgehead atoms. The molecular weight excluding hydrogens is 310 g/mol. The van der Waals surface area contributed by atoms with Crippen molar-refractivity contribution in [1.82, 2.24) is 0 Å². The first-order valence-electron chi connectivity index (χ1n) is 7.32. The van der Waals surface area contributed by atoms with Crippen molar-refractivity contribution in [2.75, 3.05) is 5.32 Å². The topological polar surface area (TPSA) is 95.9 Å². The van der Waals surface area contributed by atoms with Crippen molar-refractivity contribution in [2.45, 2.75) is 26.4 Å². The van der Waals surface area contributed by atoms with Gasteiger partial charge in [-0.25, -0.2) is 9.59 Å². The number of hydrogen-bond donors (Lipinski definition) is 3. The zero-order chi connectivity index (χ0) is 17.9. The SMILES string of the molecule is CC(C)(C)OC(=O)Nc1ccc(-c2cc(O)cc(C(=O)O)c2)cc1. The third-order valence-electron chi connectivity index (χ3n) is 3.03. The first-order valence-corrected chi connectivity index (χ1v) is 7.32. The van der Waals surface area contributed by atoms with Gasteiger partial charge in [0.05, 0.1) is 5.56 Å². The average Bonchev–Trinajstić information content (AvgIpc) is 2.45. The summed E-state index contributed by atoms with van der Waals surface area (Å²) in [4.78, 5) is 22.8. The molecule has 0 saturated carbocycles. The number of amides is 1. The van der Waals surface area contributed by atoms with E-state index >= 15 is 0 Å². The van der Waals surface area contributed by atoms with Gasteiger partial charge in [-0.1, -0.05) is 12.1 Å². The number of aromatic hydroxyl groups is 1. The molecule has 0 saturated heterocycles. The molecule has 6 nitrogen and oxygen atoms in total. The predicted molar refractivity (Wildman–Crippen MR) is 90.4 cm³/mol. The van der Waals surface area contributed by atoms with Gasteiger partial charge in [-0.3, -0.25) is 5.32 Å². The first kappa shape index (κ1) is 17.3. The number of anilines is 1. The van der Waals surface area contributed by atoms with Crippen LogP contribution in [0.15, 0.2) is 42.5 Å². The van der Waals surface area contributed by atoms with Gasteiger partial charge in [-0.2, -0.15) is 0 Å².